The first-order valence-corrected chi connectivity index (χ1v) is 10.8. The number of rotatable bonds is 6. The number of hydrogen-bond acceptors (Lipinski definition) is 2. The molecule has 0 N–H and O–H groups in total. The van der Waals surface area contributed by atoms with E-state index in [1.54, 1.807) is 0 Å². The van der Waals surface area contributed by atoms with Crippen molar-refractivity contribution in [1.29, 1.82) is 0 Å². The molecule has 0 bridgehead atoms. The van der Waals surface area contributed by atoms with Crippen molar-refractivity contribution in [1.82, 2.24) is 14.8 Å². The molecule has 0 saturated carbocycles. The predicted molar refractivity (Wildman–Crippen MR) is 125 cm³/mol. The zero-order valence-electron chi connectivity index (χ0n) is 18.3. The number of benzene rings is 3. The van der Waals surface area contributed by atoms with Gasteiger partial charge in [-0.05, 0) is 61.9 Å². The second-order valence-electron chi connectivity index (χ2n) is 8.04. The lowest BCUT2D eigenvalue weighted by Gasteiger charge is -2.16. The minimum absolute atomic E-state index is 0.873. The molecule has 1 heterocycles. The maximum Gasteiger partial charge on any atom is 0.169 e. The highest BCUT2D eigenvalue weighted by molar-refractivity contribution is 5.71. The van der Waals surface area contributed by atoms with Crippen molar-refractivity contribution in [2.45, 2.75) is 47.0 Å². The monoisotopic (exact) mass is 395 g/mol. The summed E-state index contributed by atoms with van der Waals surface area (Å²) in [7, 11) is 0. The van der Waals surface area contributed by atoms with Crippen LogP contribution < -0.4 is 0 Å². The van der Waals surface area contributed by atoms with Crippen molar-refractivity contribution in [3.63, 3.8) is 0 Å². The van der Waals surface area contributed by atoms with Crippen LogP contribution in [0, 0.1) is 20.8 Å². The van der Waals surface area contributed by atoms with Crippen LogP contribution >= 0.6 is 0 Å². The van der Waals surface area contributed by atoms with Crippen LogP contribution in [0.5, 0.6) is 0 Å². The molecule has 4 aromatic rings. The molecule has 0 atom stereocenters. The molecule has 152 valence electrons. The molecule has 3 aromatic carbocycles. The van der Waals surface area contributed by atoms with Gasteiger partial charge in [0.25, 0.3) is 0 Å². The van der Waals surface area contributed by atoms with Crippen molar-refractivity contribution in [3.05, 3.63) is 89.0 Å². The molecular weight excluding hydrogens is 366 g/mol. The van der Waals surface area contributed by atoms with Gasteiger partial charge in [0.2, 0.25) is 0 Å². The lowest BCUT2D eigenvalue weighted by atomic mass is 10.0. The Kier molecular flexibility index (Phi) is 5.80. The van der Waals surface area contributed by atoms with E-state index in [4.69, 9.17) is 0 Å². The fourth-order valence-electron chi connectivity index (χ4n) is 4.12. The van der Waals surface area contributed by atoms with Gasteiger partial charge < -0.3 is 0 Å². The molecule has 0 unspecified atom stereocenters. The lowest BCUT2D eigenvalue weighted by Crippen LogP contribution is -2.05. The predicted octanol–water partition coefficient (Wildman–Crippen LogP) is 6.87. The average molecular weight is 396 g/mol. The SMILES string of the molecule is CCCCc1ccc(-n2c(-c3ccccc3)nnc2-c2c(C)cccc2C)c(C)c1. The molecule has 3 heteroatoms. The Morgan fingerprint density at radius 1 is 0.733 bits per heavy atom. The van der Waals surface area contributed by atoms with Crippen LogP contribution in [0.3, 0.4) is 0 Å². The first kappa shape index (κ1) is 20.1. The van der Waals surface area contributed by atoms with Gasteiger partial charge in [-0.2, -0.15) is 0 Å². The summed E-state index contributed by atoms with van der Waals surface area (Å²) in [6.07, 6.45) is 3.55. The van der Waals surface area contributed by atoms with Gasteiger partial charge in [-0.3, -0.25) is 4.57 Å². The molecule has 0 aliphatic carbocycles. The first-order chi connectivity index (χ1) is 14.6. The maximum absolute atomic E-state index is 4.69. The van der Waals surface area contributed by atoms with Crippen molar-refractivity contribution >= 4 is 0 Å². The number of unbranched alkanes of at least 4 members (excludes halogenated alkanes) is 1. The van der Waals surface area contributed by atoms with Crippen molar-refractivity contribution in [2.75, 3.05) is 0 Å². The Hall–Kier alpha value is -3.20. The Morgan fingerprint density at radius 2 is 1.43 bits per heavy atom. The van der Waals surface area contributed by atoms with Crippen molar-refractivity contribution in [2.24, 2.45) is 0 Å². The van der Waals surface area contributed by atoms with E-state index in [1.807, 2.05) is 18.2 Å². The molecule has 3 nitrogen and oxygen atoms in total. The van der Waals surface area contributed by atoms with E-state index in [0.717, 1.165) is 34.9 Å². The highest BCUT2D eigenvalue weighted by atomic mass is 15.3. The number of aryl methyl sites for hydroxylation is 4. The smallest absolute Gasteiger partial charge is 0.169 e. The van der Waals surface area contributed by atoms with Gasteiger partial charge >= 0.3 is 0 Å². The Balaban J connectivity index is 1.94. The molecule has 0 fully saturated rings. The van der Waals surface area contributed by atoms with Gasteiger partial charge in [-0.15, -0.1) is 10.2 Å². The summed E-state index contributed by atoms with van der Waals surface area (Å²) in [4.78, 5) is 0. The molecule has 0 amide bonds. The van der Waals surface area contributed by atoms with Crippen LogP contribution in [0.1, 0.15) is 42.0 Å². The van der Waals surface area contributed by atoms with Crippen LogP contribution in [0.25, 0.3) is 28.5 Å². The van der Waals surface area contributed by atoms with E-state index in [1.165, 1.54) is 35.1 Å². The van der Waals surface area contributed by atoms with Gasteiger partial charge in [0.15, 0.2) is 11.6 Å². The summed E-state index contributed by atoms with van der Waals surface area (Å²) in [5, 5.41) is 9.33. The molecule has 0 aliphatic rings. The number of hydrogen-bond donors (Lipinski definition) is 0. The van der Waals surface area contributed by atoms with E-state index in [0.29, 0.717) is 0 Å². The lowest BCUT2D eigenvalue weighted by molar-refractivity contribution is 0.794. The Morgan fingerprint density at radius 3 is 2.10 bits per heavy atom. The molecular formula is C27H29N3. The minimum Gasteiger partial charge on any atom is -0.275 e. The third kappa shape index (κ3) is 3.80. The van der Waals surface area contributed by atoms with Crippen LogP contribution in [0.4, 0.5) is 0 Å². The molecule has 0 saturated heterocycles. The van der Waals surface area contributed by atoms with Gasteiger partial charge in [-0.25, -0.2) is 0 Å². The average Bonchev–Trinajstić information content (AvgIpc) is 3.17. The molecule has 1 aromatic heterocycles. The molecule has 0 radical (unpaired) electrons. The number of aromatic nitrogens is 3. The molecule has 30 heavy (non-hydrogen) atoms. The highest BCUT2D eigenvalue weighted by Gasteiger charge is 2.20. The molecule has 0 aliphatic heterocycles. The van der Waals surface area contributed by atoms with E-state index < -0.39 is 0 Å². The van der Waals surface area contributed by atoms with E-state index in [9.17, 15) is 0 Å². The minimum atomic E-state index is 0.873. The van der Waals surface area contributed by atoms with E-state index >= 15 is 0 Å². The molecule has 4 rings (SSSR count). The summed E-state index contributed by atoms with van der Waals surface area (Å²) in [5.41, 5.74) is 8.41. The largest absolute Gasteiger partial charge is 0.275 e. The summed E-state index contributed by atoms with van der Waals surface area (Å²) < 4.78 is 2.23. The second-order valence-corrected chi connectivity index (χ2v) is 8.04. The summed E-state index contributed by atoms with van der Waals surface area (Å²) in [5.74, 6) is 1.77. The quantitative estimate of drug-likeness (QED) is 0.357. The molecule has 0 spiro atoms. The standard InChI is InChI=1S/C27H29N3/c1-5-6-13-22-16-17-24(21(4)18-22)30-26(23-14-8-7-9-15-23)28-29-27(30)25-19(2)11-10-12-20(25)3/h7-12,14-18H,5-6,13H2,1-4H3. The topological polar surface area (TPSA) is 30.7 Å². The fourth-order valence-corrected chi connectivity index (χ4v) is 4.12. The Bertz CT molecular complexity index is 1140. The van der Waals surface area contributed by atoms with Gasteiger partial charge in [0, 0.05) is 11.1 Å². The van der Waals surface area contributed by atoms with Crippen LogP contribution in [0.2, 0.25) is 0 Å². The zero-order chi connectivity index (χ0) is 21.1. The van der Waals surface area contributed by atoms with E-state index in [-0.39, 0.29) is 0 Å². The third-order valence-electron chi connectivity index (χ3n) is 5.72. The number of nitrogens with zero attached hydrogens (tertiary/aromatic N) is 3. The maximum atomic E-state index is 4.69. The van der Waals surface area contributed by atoms with Gasteiger partial charge in [0.1, 0.15) is 0 Å². The summed E-state index contributed by atoms with van der Waals surface area (Å²) in [6.45, 7) is 8.71. The fraction of sp³-hybridized carbons (Fsp3) is 0.259. The zero-order valence-corrected chi connectivity index (χ0v) is 18.3. The van der Waals surface area contributed by atoms with Crippen LogP contribution in [-0.4, -0.2) is 14.8 Å². The van der Waals surface area contributed by atoms with Crippen LogP contribution in [0.15, 0.2) is 66.7 Å². The van der Waals surface area contributed by atoms with Crippen molar-refractivity contribution < 1.29 is 0 Å². The highest BCUT2D eigenvalue weighted by Crippen LogP contribution is 2.33. The second kappa shape index (κ2) is 8.66. The third-order valence-corrected chi connectivity index (χ3v) is 5.72. The summed E-state index contributed by atoms with van der Waals surface area (Å²) in [6, 6.07) is 23.5. The first-order valence-electron chi connectivity index (χ1n) is 10.8. The van der Waals surface area contributed by atoms with E-state index in [2.05, 4.69) is 91.0 Å². The van der Waals surface area contributed by atoms with Crippen molar-refractivity contribution in [3.8, 4) is 28.5 Å². The Labute approximate surface area is 179 Å². The van der Waals surface area contributed by atoms with Gasteiger partial charge in [0.05, 0.1) is 5.69 Å². The summed E-state index contributed by atoms with van der Waals surface area (Å²) >= 11 is 0. The van der Waals surface area contributed by atoms with Crippen LogP contribution in [-0.2, 0) is 6.42 Å². The van der Waals surface area contributed by atoms with Gasteiger partial charge in [-0.1, -0.05) is 74.0 Å². The normalized spacial score (nSPS) is 11.1.